The molecule has 5 nitrogen and oxygen atoms in total. The Bertz CT molecular complexity index is 396. The van der Waals surface area contributed by atoms with Crippen molar-refractivity contribution in [1.29, 1.82) is 0 Å². The molecule has 0 bridgehead atoms. The zero-order valence-corrected chi connectivity index (χ0v) is 10.7. The van der Waals surface area contributed by atoms with Crippen molar-refractivity contribution in [2.75, 3.05) is 31.6 Å². The SMILES string of the molecule is Cc1nc(N2CCN(C)CC2C)ncc1CO. The van der Waals surface area contributed by atoms with Crippen molar-refractivity contribution in [3.8, 4) is 0 Å². The third-order valence-corrected chi connectivity index (χ3v) is 3.33. The molecule has 2 heterocycles. The first-order chi connectivity index (χ1) is 8.11. The fourth-order valence-corrected chi connectivity index (χ4v) is 2.21. The number of rotatable bonds is 2. The molecule has 1 aliphatic rings. The number of aliphatic hydroxyl groups is 1. The summed E-state index contributed by atoms with van der Waals surface area (Å²) in [5.41, 5.74) is 1.67. The minimum atomic E-state index is 0.00437. The maximum absolute atomic E-state index is 9.11. The average molecular weight is 236 g/mol. The summed E-state index contributed by atoms with van der Waals surface area (Å²) in [6.07, 6.45) is 1.72. The lowest BCUT2D eigenvalue weighted by Gasteiger charge is -2.38. The molecule has 94 valence electrons. The normalized spacial score (nSPS) is 21.9. The fourth-order valence-electron chi connectivity index (χ4n) is 2.21. The zero-order chi connectivity index (χ0) is 12.4. The molecule has 1 unspecified atom stereocenters. The molecule has 0 aliphatic carbocycles. The van der Waals surface area contributed by atoms with Gasteiger partial charge in [0.05, 0.1) is 6.61 Å². The molecular weight excluding hydrogens is 216 g/mol. The monoisotopic (exact) mass is 236 g/mol. The van der Waals surface area contributed by atoms with Crippen LogP contribution in [0, 0.1) is 6.92 Å². The molecule has 2 rings (SSSR count). The summed E-state index contributed by atoms with van der Waals surface area (Å²) in [7, 11) is 2.13. The van der Waals surface area contributed by atoms with E-state index in [9.17, 15) is 0 Å². The number of aryl methyl sites for hydroxylation is 1. The molecular formula is C12H20N4O. The minimum Gasteiger partial charge on any atom is -0.392 e. The number of nitrogens with zero attached hydrogens (tertiary/aromatic N) is 4. The highest BCUT2D eigenvalue weighted by molar-refractivity contribution is 5.35. The summed E-state index contributed by atoms with van der Waals surface area (Å²) in [6.45, 7) is 7.13. The van der Waals surface area contributed by atoms with Gasteiger partial charge in [-0.2, -0.15) is 0 Å². The van der Waals surface area contributed by atoms with E-state index in [0.717, 1.165) is 36.8 Å². The molecule has 1 saturated heterocycles. The second-order valence-electron chi connectivity index (χ2n) is 4.74. The van der Waals surface area contributed by atoms with Crippen LogP contribution in [0.5, 0.6) is 0 Å². The second kappa shape index (κ2) is 4.98. The summed E-state index contributed by atoms with van der Waals surface area (Å²) in [6, 6.07) is 0.424. The van der Waals surface area contributed by atoms with E-state index >= 15 is 0 Å². The minimum absolute atomic E-state index is 0.00437. The van der Waals surface area contributed by atoms with Gasteiger partial charge in [0.2, 0.25) is 5.95 Å². The molecule has 0 spiro atoms. The number of aliphatic hydroxyl groups excluding tert-OH is 1. The molecule has 1 N–H and O–H groups in total. The van der Waals surface area contributed by atoms with Crippen LogP contribution in [-0.4, -0.2) is 52.7 Å². The van der Waals surface area contributed by atoms with Gasteiger partial charge in [-0.25, -0.2) is 9.97 Å². The maximum Gasteiger partial charge on any atom is 0.225 e. The molecule has 1 fully saturated rings. The Morgan fingerprint density at radius 1 is 1.47 bits per heavy atom. The van der Waals surface area contributed by atoms with Gasteiger partial charge >= 0.3 is 0 Å². The average Bonchev–Trinajstić information content (AvgIpc) is 2.29. The molecule has 1 atom stereocenters. The highest BCUT2D eigenvalue weighted by Gasteiger charge is 2.23. The van der Waals surface area contributed by atoms with Gasteiger partial charge in [0.1, 0.15) is 0 Å². The van der Waals surface area contributed by atoms with Crippen LogP contribution in [0.1, 0.15) is 18.2 Å². The topological polar surface area (TPSA) is 52.5 Å². The van der Waals surface area contributed by atoms with Gasteiger partial charge in [-0.15, -0.1) is 0 Å². The Morgan fingerprint density at radius 2 is 2.24 bits per heavy atom. The summed E-state index contributed by atoms with van der Waals surface area (Å²) < 4.78 is 0. The van der Waals surface area contributed by atoms with Crippen LogP contribution in [0.25, 0.3) is 0 Å². The number of piperazine rings is 1. The van der Waals surface area contributed by atoms with Gasteiger partial charge in [-0.3, -0.25) is 0 Å². The number of hydrogen-bond acceptors (Lipinski definition) is 5. The predicted molar refractivity (Wildman–Crippen MR) is 67.0 cm³/mol. The standard InChI is InChI=1S/C12H20N4O/c1-9-7-15(3)4-5-16(9)12-13-6-11(8-17)10(2)14-12/h6,9,17H,4-5,7-8H2,1-3H3. The van der Waals surface area contributed by atoms with Crippen molar-refractivity contribution in [3.63, 3.8) is 0 Å². The van der Waals surface area contributed by atoms with Gasteiger partial charge in [0, 0.05) is 43.1 Å². The van der Waals surface area contributed by atoms with Crippen LogP contribution in [0.3, 0.4) is 0 Å². The van der Waals surface area contributed by atoms with E-state index < -0.39 is 0 Å². The summed E-state index contributed by atoms with van der Waals surface area (Å²) in [4.78, 5) is 13.4. The van der Waals surface area contributed by atoms with Gasteiger partial charge in [-0.1, -0.05) is 0 Å². The summed E-state index contributed by atoms with van der Waals surface area (Å²) in [5, 5.41) is 9.11. The van der Waals surface area contributed by atoms with Crippen LogP contribution >= 0.6 is 0 Å². The van der Waals surface area contributed by atoms with E-state index in [-0.39, 0.29) is 6.61 Å². The van der Waals surface area contributed by atoms with E-state index in [1.807, 2.05) is 6.92 Å². The van der Waals surface area contributed by atoms with E-state index in [1.165, 1.54) is 0 Å². The summed E-state index contributed by atoms with van der Waals surface area (Å²) >= 11 is 0. The molecule has 0 amide bonds. The quantitative estimate of drug-likeness (QED) is 0.806. The van der Waals surface area contributed by atoms with Gasteiger partial charge in [0.25, 0.3) is 0 Å². The number of hydrogen-bond donors (Lipinski definition) is 1. The smallest absolute Gasteiger partial charge is 0.225 e. The molecule has 1 aromatic heterocycles. The molecule has 0 radical (unpaired) electrons. The molecule has 17 heavy (non-hydrogen) atoms. The summed E-state index contributed by atoms with van der Waals surface area (Å²) in [5.74, 6) is 0.778. The van der Waals surface area contributed by atoms with Crippen molar-refractivity contribution in [2.24, 2.45) is 0 Å². The molecule has 1 aliphatic heterocycles. The maximum atomic E-state index is 9.11. The molecule has 0 aromatic carbocycles. The number of aromatic nitrogens is 2. The van der Waals surface area contributed by atoms with Crippen molar-refractivity contribution in [3.05, 3.63) is 17.5 Å². The number of likely N-dealkylation sites (N-methyl/N-ethyl adjacent to an activating group) is 1. The lowest BCUT2D eigenvalue weighted by atomic mass is 10.2. The van der Waals surface area contributed by atoms with Crippen molar-refractivity contribution < 1.29 is 5.11 Å². The molecule has 0 saturated carbocycles. The predicted octanol–water partition coefficient (Wildman–Crippen LogP) is 0.418. The third kappa shape index (κ3) is 2.56. The Labute approximate surface area is 102 Å². The van der Waals surface area contributed by atoms with Crippen LogP contribution in [0.4, 0.5) is 5.95 Å². The van der Waals surface area contributed by atoms with E-state index in [0.29, 0.717) is 6.04 Å². The Kier molecular flexibility index (Phi) is 3.59. The lowest BCUT2D eigenvalue weighted by molar-refractivity contribution is 0.272. The van der Waals surface area contributed by atoms with E-state index in [2.05, 4.69) is 33.7 Å². The first kappa shape index (κ1) is 12.3. The highest BCUT2D eigenvalue weighted by Crippen LogP contribution is 2.17. The first-order valence-electron chi connectivity index (χ1n) is 6.00. The first-order valence-corrected chi connectivity index (χ1v) is 6.00. The van der Waals surface area contributed by atoms with Gasteiger partial charge in [0.15, 0.2) is 0 Å². The van der Waals surface area contributed by atoms with Crippen LogP contribution < -0.4 is 4.90 Å². The van der Waals surface area contributed by atoms with Crippen LogP contribution in [0.2, 0.25) is 0 Å². The Balaban J connectivity index is 2.19. The van der Waals surface area contributed by atoms with Crippen molar-refractivity contribution >= 4 is 5.95 Å². The Hall–Kier alpha value is -1.20. The zero-order valence-electron chi connectivity index (χ0n) is 10.7. The highest BCUT2D eigenvalue weighted by atomic mass is 16.3. The second-order valence-corrected chi connectivity index (χ2v) is 4.74. The van der Waals surface area contributed by atoms with Gasteiger partial charge in [-0.05, 0) is 20.9 Å². The van der Waals surface area contributed by atoms with Gasteiger partial charge < -0.3 is 14.9 Å². The largest absolute Gasteiger partial charge is 0.392 e. The number of anilines is 1. The van der Waals surface area contributed by atoms with Crippen molar-refractivity contribution in [1.82, 2.24) is 14.9 Å². The molecule has 5 heteroatoms. The van der Waals surface area contributed by atoms with Crippen LogP contribution in [0.15, 0.2) is 6.20 Å². The fraction of sp³-hybridized carbons (Fsp3) is 0.667. The molecule has 1 aromatic rings. The Morgan fingerprint density at radius 3 is 2.82 bits per heavy atom. The van der Waals surface area contributed by atoms with Crippen molar-refractivity contribution in [2.45, 2.75) is 26.5 Å². The van der Waals surface area contributed by atoms with E-state index in [1.54, 1.807) is 6.20 Å². The van der Waals surface area contributed by atoms with Crippen LogP contribution in [-0.2, 0) is 6.61 Å². The lowest BCUT2D eigenvalue weighted by Crippen LogP contribution is -2.51. The third-order valence-electron chi connectivity index (χ3n) is 3.33. The van der Waals surface area contributed by atoms with E-state index in [4.69, 9.17) is 5.11 Å².